The molecule has 7 nitrogen and oxygen atoms in total. The van der Waals surface area contributed by atoms with Gasteiger partial charge in [0.1, 0.15) is 12.1 Å². The van der Waals surface area contributed by atoms with E-state index in [9.17, 15) is 0 Å². The number of hydrogen-bond donors (Lipinski definition) is 2. The number of thioether (sulfide) groups is 1. The molecular formula is C13H14N6OS2. The minimum absolute atomic E-state index is 0.665. The van der Waals surface area contributed by atoms with Crippen molar-refractivity contribution >= 4 is 33.9 Å². The maximum absolute atomic E-state index is 5.67. The quantitative estimate of drug-likeness (QED) is 0.528. The molecule has 114 valence electrons. The highest BCUT2D eigenvalue weighted by Gasteiger charge is 2.07. The SMILES string of the molecule is COc1ccc(Nc2nc(CSc3nncn3N)cs2)cc1. The minimum Gasteiger partial charge on any atom is -0.497 e. The topological polar surface area (TPSA) is 90.9 Å². The molecule has 0 aliphatic rings. The van der Waals surface area contributed by atoms with E-state index in [-0.39, 0.29) is 0 Å². The summed E-state index contributed by atoms with van der Waals surface area (Å²) < 4.78 is 6.53. The molecule has 0 unspecified atom stereocenters. The number of hydrogen-bond acceptors (Lipinski definition) is 8. The summed E-state index contributed by atoms with van der Waals surface area (Å²) in [5, 5.41) is 14.4. The molecule has 0 atom stereocenters. The Hall–Kier alpha value is -2.26. The normalized spacial score (nSPS) is 10.6. The molecule has 3 aromatic rings. The fourth-order valence-electron chi connectivity index (χ4n) is 1.70. The first-order valence-electron chi connectivity index (χ1n) is 6.38. The molecule has 9 heteroatoms. The number of nitrogens with zero attached hydrogens (tertiary/aromatic N) is 4. The zero-order chi connectivity index (χ0) is 15.4. The molecule has 2 aromatic heterocycles. The number of nitrogens with two attached hydrogens (primary N) is 1. The second-order valence-electron chi connectivity index (χ2n) is 4.31. The summed E-state index contributed by atoms with van der Waals surface area (Å²) in [5.41, 5.74) is 1.94. The number of nitrogens with one attached hydrogen (secondary N) is 1. The maximum atomic E-state index is 5.67. The molecule has 0 spiro atoms. The van der Waals surface area contributed by atoms with Gasteiger partial charge in [-0.1, -0.05) is 11.8 Å². The van der Waals surface area contributed by atoms with Gasteiger partial charge in [-0.3, -0.25) is 0 Å². The first-order chi connectivity index (χ1) is 10.7. The van der Waals surface area contributed by atoms with Crippen molar-refractivity contribution in [2.45, 2.75) is 10.9 Å². The van der Waals surface area contributed by atoms with Crippen LogP contribution in [0.4, 0.5) is 10.8 Å². The Morgan fingerprint density at radius 3 is 2.86 bits per heavy atom. The standard InChI is InChI=1S/C13H14N6OS2/c1-20-11-4-2-9(3-5-11)16-12-17-10(6-21-12)7-22-13-18-15-8-19(13)14/h2-6,8H,7,14H2,1H3,(H,16,17). The number of methoxy groups -OCH3 is 1. The van der Waals surface area contributed by atoms with Gasteiger partial charge in [0.05, 0.1) is 12.8 Å². The lowest BCUT2D eigenvalue weighted by atomic mass is 10.3. The number of rotatable bonds is 6. The Morgan fingerprint density at radius 1 is 1.36 bits per heavy atom. The van der Waals surface area contributed by atoms with Crippen molar-refractivity contribution in [2.24, 2.45) is 0 Å². The molecular weight excluding hydrogens is 320 g/mol. The van der Waals surface area contributed by atoms with Crippen molar-refractivity contribution in [1.82, 2.24) is 19.9 Å². The van der Waals surface area contributed by atoms with Gasteiger partial charge in [-0.15, -0.1) is 21.5 Å². The van der Waals surface area contributed by atoms with E-state index >= 15 is 0 Å². The maximum Gasteiger partial charge on any atom is 0.209 e. The van der Waals surface area contributed by atoms with Gasteiger partial charge in [0.2, 0.25) is 5.16 Å². The molecule has 0 fully saturated rings. The lowest BCUT2D eigenvalue weighted by molar-refractivity contribution is 0.415. The van der Waals surface area contributed by atoms with E-state index in [1.165, 1.54) is 22.8 Å². The molecule has 0 saturated heterocycles. The van der Waals surface area contributed by atoms with Crippen molar-refractivity contribution in [2.75, 3.05) is 18.3 Å². The van der Waals surface area contributed by atoms with Crippen molar-refractivity contribution in [3.05, 3.63) is 41.7 Å². The second-order valence-corrected chi connectivity index (χ2v) is 6.11. The Bertz CT molecular complexity index is 739. The third-order valence-electron chi connectivity index (χ3n) is 2.78. The van der Waals surface area contributed by atoms with Crippen molar-refractivity contribution in [3.63, 3.8) is 0 Å². The van der Waals surface area contributed by atoms with E-state index in [0.717, 1.165) is 22.3 Å². The van der Waals surface area contributed by atoms with E-state index in [1.54, 1.807) is 18.4 Å². The highest BCUT2D eigenvalue weighted by Crippen LogP contribution is 2.26. The van der Waals surface area contributed by atoms with E-state index in [0.29, 0.717) is 10.9 Å². The molecule has 0 radical (unpaired) electrons. The van der Waals surface area contributed by atoms with Crippen molar-refractivity contribution in [1.29, 1.82) is 0 Å². The highest BCUT2D eigenvalue weighted by atomic mass is 32.2. The van der Waals surface area contributed by atoms with Crippen LogP contribution in [-0.2, 0) is 5.75 Å². The van der Waals surface area contributed by atoms with Crippen LogP contribution in [0.2, 0.25) is 0 Å². The third-order valence-corrected chi connectivity index (χ3v) is 4.58. The summed E-state index contributed by atoms with van der Waals surface area (Å²) in [5.74, 6) is 7.18. The van der Waals surface area contributed by atoms with Crippen LogP contribution in [-0.4, -0.2) is 27.0 Å². The van der Waals surface area contributed by atoms with Crippen LogP contribution in [0.5, 0.6) is 5.75 Å². The van der Waals surface area contributed by atoms with Gasteiger partial charge < -0.3 is 15.9 Å². The van der Waals surface area contributed by atoms with Crippen LogP contribution in [0.1, 0.15) is 5.69 Å². The number of benzene rings is 1. The number of anilines is 2. The zero-order valence-electron chi connectivity index (χ0n) is 11.8. The Kier molecular flexibility index (Phi) is 4.45. The van der Waals surface area contributed by atoms with Gasteiger partial charge in [0.25, 0.3) is 0 Å². The lowest BCUT2D eigenvalue weighted by Crippen LogP contribution is -2.07. The predicted molar refractivity (Wildman–Crippen MR) is 88.1 cm³/mol. The lowest BCUT2D eigenvalue weighted by Gasteiger charge is -2.03. The van der Waals surface area contributed by atoms with Gasteiger partial charge in [0, 0.05) is 16.8 Å². The molecule has 0 saturated carbocycles. The van der Waals surface area contributed by atoms with E-state index in [2.05, 4.69) is 20.5 Å². The molecule has 0 aliphatic carbocycles. The second kappa shape index (κ2) is 6.67. The van der Waals surface area contributed by atoms with Crippen LogP contribution in [0.3, 0.4) is 0 Å². The Balaban J connectivity index is 1.59. The van der Waals surface area contributed by atoms with Gasteiger partial charge >= 0.3 is 0 Å². The third kappa shape index (κ3) is 3.49. The van der Waals surface area contributed by atoms with Crippen molar-refractivity contribution in [3.8, 4) is 5.75 Å². The van der Waals surface area contributed by atoms with Crippen LogP contribution in [0.25, 0.3) is 0 Å². The molecule has 0 amide bonds. The van der Waals surface area contributed by atoms with E-state index < -0.39 is 0 Å². The highest BCUT2D eigenvalue weighted by molar-refractivity contribution is 7.98. The molecule has 2 heterocycles. The first kappa shape index (κ1) is 14.7. The molecule has 3 N–H and O–H groups in total. The van der Waals surface area contributed by atoms with E-state index in [4.69, 9.17) is 10.6 Å². The van der Waals surface area contributed by atoms with E-state index in [1.807, 2.05) is 29.6 Å². The largest absolute Gasteiger partial charge is 0.497 e. The average Bonchev–Trinajstić information content (AvgIpc) is 3.15. The molecule has 22 heavy (non-hydrogen) atoms. The minimum atomic E-state index is 0.665. The molecule has 3 rings (SSSR count). The van der Waals surface area contributed by atoms with Gasteiger partial charge in [-0.2, -0.15) is 0 Å². The summed E-state index contributed by atoms with van der Waals surface area (Å²) in [7, 11) is 1.65. The fourth-order valence-corrected chi connectivity index (χ4v) is 3.26. The van der Waals surface area contributed by atoms with Crippen LogP contribution >= 0.6 is 23.1 Å². The van der Waals surface area contributed by atoms with Gasteiger partial charge in [-0.05, 0) is 24.3 Å². The van der Waals surface area contributed by atoms with Gasteiger partial charge in [-0.25, -0.2) is 9.66 Å². The zero-order valence-corrected chi connectivity index (χ0v) is 13.4. The Labute approximate surface area is 135 Å². The summed E-state index contributed by atoms with van der Waals surface area (Å²) in [6.07, 6.45) is 1.47. The number of aromatic nitrogens is 4. The number of ether oxygens (including phenoxy) is 1. The molecule has 0 bridgehead atoms. The molecule has 1 aromatic carbocycles. The monoisotopic (exact) mass is 334 g/mol. The Morgan fingerprint density at radius 2 is 2.18 bits per heavy atom. The predicted octanol–water partition coefficient (Wildman–Crippen LogP) is 2.49. The summed E-state index contributed by atoms with van der Waals surface area (Å²) in [6, 6.07) is 7.71. The molecule has 0 aliphatic heterocycles. The van der Waals surface area contributed by atoms with Crippen molar-refractivity contribution < 1.29 is 4.74 Å². The summed E-state index contributed by atoms with van der Waals surface area (Å²) in [4.78, 5) is 4.53. The summed E-state index contributed by atoms with van der Waals surface area (Å²) in [6.45, 7) is 0. The number of thiazole rings is 1. The smallest absolute Gasteiger partial charge is 0.209 e. The van der Waals surface area contributed by atoms with Crippen LogP contribution < -0.4 is 15.9 Å². The van der Waals surface area contributed by atoms with Crippen LogP contribution in [0.15, 0.2) is 41.1 Å². The van der Waals surface area contributed by atoms with Crippen LogP contribution in [0, 0.1) is 0 Å². The summed E-state index contributed by atoms with van der Waals surface area (Å²) >= 11 is 3.05. The van der Waals surface area contributed by atoms with Gasteiger partial charge in [0.15, 0.2) is 5.13 Å². The number of nitrogen functional groups attached to an aromatic ring is 1. The average molecular weight is 334 g/mol. The fraction of sp³-hybridized carbons (Fsp3) is 0.154. The first-order valence-corrected chi connectivity index (χ1v) is 8.24.